The Kier molecular flexibility index (Phi) is 5.34. The number of hydrogen-bond donors (Lipinski definition) is 2. The maximum Gasteiger partial charge on any atom is 0.255 e. The zero-order valence-electron chi connectivity index (χ0n) is 24.3. The quantitative estimate of drug-likeness (QED) is 0.496. The van der Waals surface area contributed by atoms with Crippen LogP contribution in [0.5, 0.6) is 5.75 Å². The van der Waals surface area contributed by atoms with Crippen LogP contribution in [0, 0.1) is 46.3 Å². The molecule has 4 fully saturated rings. The normalized spacial score (nSPS) is 51.4. The van der Waals surface area contributed by atoms with Gasteiger partial charge in [0, 0.05) is 36.7 Å². The summed E-state index contributed by atoms with van der Waals surface area (Å²) in [5.74, 6) is 3.21. The van der Waals surface area contributed by atoms with E-state index in [-0.39, 0.29) is 47.2 Å². The SMILES string of the molecule is CO[C@@H]1/C2=C3/O[C@@H](C)[C@@]4(C)C=C(C)[C@@H]5[C@H]([C@H](Oc6ccc(cc6)C[C@]1(O)NC2=O)[C@@H]1[C@@H](C)C[C@@H](C)C[C@]15C)[C@@H]34. The number of aliphatic hydroxyl groups is 1. The molecular formula is C33H43NO5. The van der Waals surface area contributed by atoms with Gasteiger partial charge in [-0.15, -0.1) is 0 Å². The van der Waals surface area contributed by atoms with Crippen LogP contribution in [-0.4, -0.2) is 42.2 Å². The number of carbonyl (C=O) groups excluding carboxylic acids is 1. The van der Waals surface area contributed by atoms with Crippen molar-refractivity contribution in [1.82, 2.24) is 5.32 Å². The van der Waals surface area contributed by atoms with Crippen LogP contribution in [0.15, 0.2) is 47.2 Å². The fourth-order valence-corrected chi connectivity index (χ4v) is 10.7. The lowest BCUT2D eigenvalue weighted by Crippen LogP contribution is -2.51. The maximum absolute atomic E-state index is 13.7. The zero-order chi connectivity index (χ0) is 27.6. The Morgan fingerprint density at radius 1 is 1.08 bits per heavy atom. The molecule has 2 N–H and O–H groups in total. The highest BCUT2D eigenvalue weighted by Gasteiger charge is 2.70. The molecule has 0 radical (unpaired) electrons. The third-order valence-electron chi connectivity index (χ3n) is 11.8. The Balaban J connectivity index is 1.53. The van der Waals surface area contributed by atoms with Crippen molar-refractivity contribution in [3.63, 3.8) is 0 Å². The second-order valence-corrected chi connectivity index (χ2v) is 14.3. The van der Waals surface area contributed by atoms with Gasteiger partial charge in [0.05, 0.1) is 5.57 Å². The second-order valence-electron chi connectivity index (χ2n) is 14.3. The lowest BCUT2D eigenvalue weighted by Gasteiger charge is -2.49. The van der Waals surface area contributed by atoms with E-state index in [1.807, 2.05) is 24.3 Å². The molecule has 7 aliphatic rings. The van der Waals surface area contributed by atoms with Gasteiger partial charge in [-0.3, -0.25) is 4.79 Å². The summed E-state index contributed by atoms with van der Waals surface area (Å²) in [6.45, 7) is 14.0. The van der Waals surface area contributed by atoms with Gasteiger partial charge in [-0.25, -0.2) is 0 Å². The van der Waals surface area contributed by atoms with Crippen molar-refractivity contribution >= 4 is 5.91 Å². The molecule has 1 amide bonds. The summed E-state index contributed by atoms with van der Waals surface area (Å²) in [5.41, 5.74) is 0.989. The molecule has 0 spiro atoms. The van der Waals surface area contributed by atoms with E-state index < -0.39 is 11.8 Å². The third-order valence-corrected chi connectivity index (χ3v) is 11.8. The van der Waals surface area contributed by atoms with Gasteiger partial charge in [0.1, 0.15) is 29.8 Å². The molecule has 12 atom stereocenters. The van der Waals surface area contributed by atoms with E-state index >= 15 is 0 Å². The Labute approximate surface area is 232 Å². The minimum Gasteiger partial charge on any atom is -0.493 e. The third kappa shape index (κ3) is 3.25. The predicted molar refractivity (Wildman–Crippen MR) is 148 cm³/mol. The summed E-state index contributed by atoms with van der Waals surface area (Å²) in [7, 11) is 1.57. The molecule has 1 aromatic carbocycles. The van der Waals surface area contributed by atoms with Gasteiger partial charge in [0.15, 0.2) is 5.72 Å². The second kappa shape index (κ2) is 8.13. The standard InChI is InChI=1S/C33H43NO5/c1-16-12-17(2)25-27-22-24(32(25,6)13-16)18(3)14-31(5)19(4)38-28(26(22)31)23-29(37-7)33(36,34-30(23)35)15-20-8-10-21(39-27)11-9-20/h8-11,14,16-17,19,22,24-27,29,36H,12-13,15H2,1-7H3,(H,34,35)/b28-23-/t16-,17+,19+,22+,24-,25+,26+,27+,29-,31-,32+,33-/m1/s1. The summed E-state index contributed by atoms with van der Waals surface area (Å²) < 4.78 is 19.8. The smallest absolute Gasteiger partial charge is 0.255 e. The average molecular weight is 534 g/mol. The molecule has 4 bridgehead atoms. The van der Waals surface area contributed by atoms with Crippen LogP contribution in [0.3, 0.4) is 0 Å². The molecule has 2 saturated carbocycles. The Morgan fingerprint density at radius 2 is 1.79 bits per heavy atom. The number of rotatable bonds is 1. The number of nitrogens with one attached hydrogen (secondary N) is 1. The molecular weight excluding hydrogens is 490 g/mol. The van der Waals surface area contributed by atoms with Crippen molar-refractivity contribution in [2.24, 2.45) is 46.3 Å². The van der Waals surface area contributed by atoms with Gasteiger partial charge in [-0.1, -0.05) is 51.5 Å². The molecule has 4 aliphatic heterocycles. The minimum atomic E-state index is -1.56. The molecule has 210 valence electrons. The minimum absolute atomic E-state index is 0.0177. The van der Waals surface area contributed by atoms with E-state index in [0.717, 1.165) is 11.3 Å². The van der Waals surface area contributed by atoms with Crippen LogP contribution in [0.25, 0.3) is 0 Å². The topological polar surface area (TPSA) is 77.0 Å². The zero-order valence-corrected chi connectivity index (χ0v) is 24.3. The van der Waals surface area contributed by atoms with Gasteiger partial charge in [0.25, 0.3) is 5.91 Å². The van der Waals surface area contributed by atoms with Crippen LogP contribution in [0.1, 0.15) is 59.9 Å². The molecule has 1 aromatic rings. The average Bonchev–Trinajstić information content (AvgIpc) is 3.35. The number of hydrogen-bond acceptors (Lipinski definition) is 5. The van der Waals surface area contributed by atoms with Crippen molar-refractivity contribution in [3.05, 3.63) is 52.8 Å². The van der Waals surface area contributed by atoms with Crippen LogP contribution in [0.2, 0.25) is 0 Å². The van der Waals surface area contributed by atoms with Gasteiger partial charge < -0.3 is 24.6 Å². The van der Waals surface area contributed by atoms with Gasteiger partial charge in [0.2, 0.25) is 0 Å². The van der Waals surface area contributed by atoms with Crippen LogP contribution in [-0.2, 0) is 20.7 Å². The summed E-state index contributed by atoms with van der Waals surface area (Å²) in [5, 5.41) is 14.7. The lowest BCUT2D eigenvalue weighted by atomic mass is 9.54. The first-order chi connectivity index (χ1) is 18.4. The number of fused-ring (bicyclic) bond motifs is 4. The number of ether oxygens (including phenoxy) is 3. The molecule has 8 rings (SSSR count). The fraction of sp³-hybridized carbons (Fsp3) is 0.667. The summed E-state index contributed by atoms with van der Waals surface area (Å²) >= 11 is 0. The van der Waals surface area contributed by atoms with Crippen molar-refractivity contribution in [2.45, 2.75) is 84.8 Å². The van der Waals surface area contributed by atoms with Crippen molar-refractivity contribution in [2.75, 3.05) is 7.11 Å². The largest absolute Gasteiger partial charge is 0.493 e. The predicted octanol–water partition coefficient (Wildman–Crippen LogP) is 5.01. The van der Waals surface area contributed by atoms with E-state index in [9.17, 15) is 9.90 Å². The number of methoxy groups -OCH3 is 1. The number of allylic oxidation sites excluding steroid dienone is 2. The summed E-state index contributed by atoms with van der Waals surface area (Å²) in [6.07, 6.45) is 4.08. The first-order valence-corrected chi connectivity index (χ1v) is 14.8. The van der Waals surface area contributed by atoms with Crippen LogP contribution < -0.4 is 10.1 Å². The maximum atomic E-state index is 13.7. The summed E-state index contributed by atoms with van der Waals surface area (Å²) in [4.78, 5) is 13.7. The first kappa shape index (κ1) is 25.6. The molecule has 39 heavy (non-hydrogen) atoms. The van der Waals surface area contributed by atoms with Crippen molar-refractivity contribution in [3.8, 4) is 5.75 Å². The van der Waals surface area contributed by atoms with E-state index in [4.69, 9.17) is 14.2 Å². The fourth-order valence-electron chi connectivity index (χ4n) is 10.7. The van der Waals surface area contributed by atoms with Crippen LogP contribution >= 0.6 is 0 Å². The molecule has 4 heterocycles. The van der Waals surface area contributed by atoms with Crippen LogP contribution in [0.4, 0.5) is 0 Å². The highest BCUT2D eigenvalue weighted by molar-refractivity contribution is 5.99. The van der Waals surface area contributed by atoms with E-state index in [1.165, 1.54) is 18.4 Å². The van der Waals surface area contributed by atoms with E-state index in [1.54, 1.807) is 7.11 Å². The summed E-state index contributed by atoms with van der Waals surface area (Å²) in [6, 6.07) is 8.07. The highest BCUT2D eigenvalue weighted by atomic mass is 16.5. The number of benzene rings is 1. The number of carbonyl (C=O) groups is 1. The highest BCUT2D eigenvalue weighted by Crippen LogP contribution is 2.71. The molecule has 3 aliphatic carbocycles. The molecule has 6 heteroatoms. The molecule has 0 unspecified atom stereocenters. The first-order valence-electron chi connectivity index (χ1n) is 14.8. The number of amides is 1. The van der Waals surface area contributed by atoms with Crippen molar-refractivity contribution in [1.29, 1.82) is 0 Å². The van der Waals surface area contributed by atoms with E-state index in [0.29, 0.717) is 35.0 Å². The molecule has 2 saturated heterocycles. The lowest BCUT2D eigenvalue weighted by molar-refractivity contribution is -0.122. The Morgan fingerprint density at radius 3 is 2.49 bits per heavy atom. The van der Waals surface area contributed by atoms with E-state index in [2.05, 4.69) is 52.9 Å². The monoisotopic (exact) mass is 533 g/mol. The molecule has 6 nitrogen and oxygen atoms in total. The Hall–Kier alpha value is -2.31. The van der Waals surface area contributed by atoms with Gasteiger partial charge in [-0.2, -0.15) is 0 Å². The molecule has 0 aromatic heterocycles. The van der Waals surface area contributed by atoms with Crippen molar-refractivity contribution < 1.29 is 24.1 Å². The Bertz CT molecular complexity index is 1290. The van der Waals surface area contributed by atoms with Gasteiger partial charge >= 0.3 is 0 Å². The van der Waals surface area contributed by atoms with Gasteiger partial charge in [-0.05, 0) is 67.6 Å².